The number of aromatic nitrogens is 3. The molecule has 2 bridgehead atoms. The van der Waals surface area contributed by atoms with E-state index in [9.17, 15) is 4.79 Å². The van der Waals surface area contributed by atoms with Crippen LogP contribution in [0.25, 0.3) is 5.65 Å². The summed E-state index contributed by atoms with van der Waals surface area (Å²) < 4.78 is 1.91. The molecule has 2 aliphatic carbocycles. The average molecular weight is 313 g/mol. The summed E-state index contributed by atoms with van der Waals surface area (Å²) in [6.07, 6.45) is 7.41. The quantitative estimate of drug-likeness (QED) is 0.899. The van der Waals surface area contributed by atoms with Crippen molar-refractivity contribution in [2.45, 2.75) is 44.7 Å². The molecular formula is C17H23N5O. The van der Waals surface area contributed by atoms with E-state index in [1.54, 1.807) is 0 Å². The zero-order valence-electron chi connectivity index (χ0n) is 13.2. The molecular weight excluding hydrogens is 290 g/mol. The zero-order chi connectivity index (χ0) is 15.8. The van der Waals surface area contributed by atoms with Gasteiger partial charge in [-0.15, -0.1) is 10.2 Å². The largest absolute Gasteiger partial charge is 0.349 e. The highest BCUT2D eigenvalue weighted by atomic mass is 16.1. The Morgan fingerprint density at radius 1 is 1.26 bits per heavy atom. The van der Waals surface area contributed by atoms with E-state index < -0.39 is 0 Å². The molecule has 23 heavy (non-hydrogen) atoms. The van der Waals surface area contributed by atoms with E-state index in [1.165, 1.54) is 19.3 Å². The first-order valence-corrected chi connectivity index (χ1v) is 8.54. The highest BCUT2D eigenvalue weighted by Crippen LogP contribution is 2.41. The van der Waals surface area contributed by atoms with Crippen molar-refractivity contribution in [2.75, 3.05) is 0 Å². The van der Waals surface area contributed by atoms with Gasteiger partial charge in [0.2, 0.25) is 5.91 Å². The van der Waals surface area contributed by atoms with E-state index in [-0.39, 0.29) is 11.8 Å². The van der Waals surface area contributed by atoms with Gasteiger partial charge < -0.3 is 11.1 Å². The minimum absolute atomic E-state index is 0.101. The molecule has 3 N–H and O–H groups in total. The third-order valence-electron chi connectivity index (χ3n) is 5.59. The number of amides is 1. The zero-order valence-corrected chi connectivity index (χ0v) is 13.2. The van der Waals surface area contributed by atoms with Crippen LogP contribution < -0.4 is 11.1 Å². The second-order valence-corrected chi connectivity index (χ2v) is 6.96. The summed E-state index contributed by atoms with van der Waals surface area (Å²) in [5.74, 6) is 2.05. The van der Waals surface area contributed by atoms with Crippen LogP contribution in [0.5, 0.6) is 0 Å². The van der Waals surface area contributed by atoms with Gasteiger partial charge in [-0.05, 0) is 49.7 Å². The molecule has 2 aromatic heterocycles. The lowest BCUT2D eigenvalue weighted by atomic mass is 9.65. The summed E-state index contributed by atoms with van der Waals surface area (Å²) in [4.78, 5) is 12.6. The van der Waals surface area contributed by atoms with Crippen LogP contribution in [-0.2, 0) is 11.3 Å². The molecule has 2 aliphatic rings. The fourth-order valence-electron chi connectivity index (χ4n) is 4.33. The van der Waals surface area contributed by atoms with Crippen molar-refractivity contribution < 1.29 is 4.79 Å². The molecule has 2 saturated carbocycles. The van der Waals surface area contributed by atoms with Crippen LogP contribution >= 0.6 is 0 Å². The monoisotopic (exact) mass is 313 g/mol. The van der Waals surface area contributed by atoms with Crippen LogP contribution in [-0.4, -0.2) is 26.5 Å². The van der Waals surface area contributed by atoms with Gasteiger partial charge in [0.1, 0.15) is 0 Å². The average Bonchev–Trinajstić information content (AvgIpc) is 2.95. The summed E-state index contributed by atoms with van der Waals surface area (Å²) in [6.45, 7) is 0.419. The van der Waals surface area contributed by atoms with Gasteiger partial charge in [-0.3, -0.25) is 9.20 Å². The molecule has 0 spiro atoms. The van der Waals surface area contributed by atoms with Crippen molar-refractivity contribution in [2.24, 2.45) is 23.5 Å². The first kappa shape index (κ1) is 14.6. The molecule has 2 aromatic rings. The maximum Gasteiger partial charge on any atom is 0.223 e. The van der Waals surface area contributed by atoms with E-state index in [0.29, 0.717) is 24.4 Å². The molecule has 2 fully saturated rings. The van der Waals surface area contributed by atoms with Crippen molar-refractivity contribution >= 4 is 11.6 Å². The van der Waals surface area contributed by atoms with Gasteiger partial charge in [-0.1, -0.05) is 12.5 Å². The van der Waals surface area contributed by atoms with Crippen molar-refractivity contribution in [1.82, 2.24) is 19.9 Å². The van der Waals surface area contributed by atoms with E-state index in [2.05, 4.69) is 15.5 Å². The Hall–Kier alpha value is -1.95. The molecule has 0 radical (unpaired) electrons. The number of nitrogens with one attached hydrogen (secondary N) is 1. The molecule has 2 unspecified atom stereocenters. The minimum Gasteiger partial charge on any atom is -0.349 e. The molecule has 4 rings (SSSR count). The first-order chi connectivity index (χ1) is 11.2. The van der Waals surface area contributed by atoms with Crippen LogP contribution in [0.15, 0.2) is 24.4 Å². The Kier molecular flexibility index (Phi) is 3.77. The lowest BCUT2D eigenvalue weighted by Gasteiger charge is -2.43. The summed E-state index contributed by atoms with van der Waals surface area (Å²) in [6, 6.07) is 6.07. The number of nitrogens with zero attached hydrogens (tertiary/aromatic N) is 3. The summed E-state index contributed by atoms with van der Waals surface area (Å²) in [5, 5.41) is 11.3. The summed E-state index contributed by atoms with van der Waals surface area (Å²) >= 11 is 0. The minimum atomic E-state index is 0.101. The number of carbonyl (C=O) groups is 1. The Morgan fingerprint density at radius 3 is 2.83 bits per heavy atom. The SMILES string of the molecule is NC1C2CCCC1CC(C(=O)NCc1nnc3ccccn13)C2. The normalized spacial score (nSPS) is 30.3. The van der Waals surface area contributed by atoms with Gasteiger partial charge in [0.05, 0.1) is 6.54 Å². The van der Waals surface area contributed by atoms with Crippen molar-refractivity contribution in [3.63, 3.8) is 0 Å². The lowest BCUT2D eigenvalue weighted by Crippen LogP contribution is -2.49. The molecule has 2 heterocycles. The number of fused-ring (bicyclic) bond motifs is 3. The number of hydrogen-bond acceptors (Lipinski definition) is 4. The Labute approximate surface area is 135 Å². The molecule has 0 aliphatic heterocycles. The fourth-order valence-corrected chi connectivity index (χ4v) is 4.33. The Morgan fingerprint density at radius 2 is 2.04 bits per heavy atom. The van der Waals surface area contributed by atoms with Crippen LogP contribution in [0.2, 0.25) is 0 Å². The predicted molar refractivity (Wildman–Crippen MR) is 86.4 cm³/mol. The second-order valence-electron chi connectivity index (χ2n) is 6.96. The van der Waals surface area contributed by atoms with Gasteiger partial charge in [0.15, 0.2) is 11.5 Å². The number of nitrogens with two attached hydrogens (primary N) is 1. The third kappa shape index (κ3) is 2.72. The molecule has 122 valence electrons. The first-order valence-electron chi connectivity index (χ1n) is 8.54. The number of hydrogen-bond donors (Lipinski definition) is 2. The van der Waals surface area contributed by atoms with E-state index in [4.69, 9.17) is 5.73 Å². The summed E-state index contributed by atoms with van der Waals surface area (Å²) in [5.41, 5.74) is 7.11. The summed E-state index contributed by atoms with van der Waals surface area (Å²) in [7, 11) is 0. The molecule has 6 nitrogen and oxygen atoms in total. The second kappa shape index (κ2) is 5.92. The van der Waals surface area contributed by atoms with Crippen LogP contribution in [0.3, 0.4) is 0 Å². The van der Waals surface area contributed by atoms with Gasteiger partial charge in [0, 0.05) is 18.2 Å². The van der Waals surface area contributed by atoms with E-state index in [1.807, 2.05) is 28.8 Å². The van der Waals surface area contributed by atoms with Gasteiger partial charge in [-0.2, -0.15) is 0 Å². The van der Waals surface area contributed by atoms with Crippen LogP contribution in [0.1, 0.15) is 37.9 Å². The van der Waals surface area contributed by atoms with Crippen molar-refractivity contribution in [1.29, 1.82) is 0 Å². The molecule has 1 amide bonds. The highest BCUT2D eigenvalue weighted by Gasteiger charge is 2.40. The lowest BCUT2D eigenvalue weighted by molar-refractivity contribution is -0.128. The Bertz CT molecular complexity index is 698. The van der Waals surface area contributed by atoms with Gasteiger partial charge in [-0.25, -0.2) is 0 Å². The topological polar surface area (TPSA) is 85.3 Å². The highest BCUT2D eigenvalue weighted by molar-refractivity contribution is 5.78. The molecule has 6 heteroatoms. The smallest absolute Gasteiger partial charge is 0.223 e. The van der Waals surface area contributed by atoms with Crippen LogP contribution in [0.4, 0.5) is 0 Å². The van der Waals surface area contributed by atoms with Crippen molar-refractivity contribution in [3.05, 3.63) is 30.2 Å². The van der Waals surface area contributed by atoms with E-state index in [0.717, 1.165) is 24.3 Å². The standard InChI is InChI=1S/C17H23N5O/c18-16-11-4-3-5-12(16)9-13(8-11)17(23)19-10-15-21-20-14-6-1-2-7-22(14)15/h1-2,6-7,11-13,16H,3-5,8-10,18H2,(H,19,23). The molecule has 0 aromatic carbocycles. The maximum absolute atomic E-state index is 12.6. The van der Waals surface area contributed by atoms with Crippen molar-refractivity contribution in [3.8, 4) is 0 Å². The van der Waals surface area contributed by atoms with Crippen LogP contribution in [0, 0.1) is 17.8 Å². The number of pyridine rings is 1. The molecule has 2 atom stereocenters. The van der Waals surface area contributed by atoms with E-state index >= 15 is 0 Å². The van der Waals surface area contributed by atoms with Gasteiger partial charge in [0.25, 0.3) is 0 Å². The molecule has 0 saturated heterocycles. The Balaban J connectivity index is 1.40. The third-order valence-corrected chi connectivity index (χ3v) is 5.59. The van der Waals surface area contributed by atoms with Gasteiger partial charge >= 0.3 is 0 Å². The number of carbonyl (C=O) groups excluding carboxylic acids is 1. The predicted octanol–water partition coefficient (Wildman–Crippen LogP) is 1.50. The number of rotatable bonds is 3. The fraction of sp³-hybridized carbons (Fsp3) is 0.588. The maximum atomic E-state index is 12.6.